The summed E-state index contributed by atoms with van der Waals surface area (Å²) in [7, 11) is 0. The first-order valence-corrected chi connectivity index (χ1v) is 7.41. The van der Waals surface area contributed by atoms with Gasteiger partial charge in [0, 0.05) is 25.4 Å². The second kappa shape index (κ2) is 7.24. The molecule has 0 spiro atoms. The fourth-order valence-electron chi connectivity index (χ4n) is 2.33. The first-order valence-electron chi connectivity index (χ1n) is 7.41. The number of aryl methyl sites for hydroxylation is 1. The Morgan fingerprint density at radius 2 is 2.20 bits per heavy atom. The Labute approximate surface area is 120 Å². The molecular weight excluding hydrogens is 252 g/mol. The highest BCUT2D eigenvalue weighted by molar-refractivity contribution is 5.16. The van der Waals surface area contributed by atoms with Crippen LogP contribution in [0.5, 0.6) is 0 Å². The average molecular weight is 276 g/mol. The van der Waals surface area contributed by atoms with Gasteiger partial charge in [-0.2, -0.15) is 4.98 Å². The second-order valence-electron chi connectivity index (χ2n) is 5.14. The summed E-state index contributed by atoms with van der Waals surface area (Å²) in [6.07, 6.45) is 7.75. The Morgan fingerprint density at radius 3 is 2.85 bits per heavy atom. The monoisotopic (exact) mass is 276 g/mol. The van der Waals surface area contributed by atoms with E-state index in [-0.39, 0.29) is 0 Å². The van der Waals surface area contributed by atoms with Gasteiger partial charge < -0.3 is 14.4 Å². The topological polar surface area (TPSA) is 55.9 Å². The maximum Gasteiger partial charge on any atom is 0.223 e. The fourth-order valence-corrected chi connectivity index (χ4v) is 2.33. The number of nitrogens with zero attached hydrogens (tertiary/aromatic N) is 3. The quantitative estimate of drug-likeness (QED) is 0.805. The van der Waals surface area contributed by atoms with Gasteiger partial charge in [0.2, 0.25) is 5.89 Å². The van der Waals surface area contributed by atoms with Crippen molar-refractivity contribution in [3.63, 3.8) is 0 Å². The van der Waals surface area contributed by atoms with Crippen molar-refractivity contribution in [2.45, 2.75) is 52.6 Å². The van der Waals surface area contributed by atoms with Gasteiger partial charge in [-0.3, -0.25) is 0 Å². The second-order valence-corrected chi connectivity index (χ2v) is 5.14. The molecule has 2 rings (SSSR count). The molecule has 0 aliphatic rings. The highest BCUT2D eigenvalue weighted by Gasteiger charge is 2.11. The zero-order valence-electron chi connectivity index (χ0n) is 12.6. The molecule has 0 saturated carbocycles. The minimum Gasteiger partial charge on any atom is -0.346 e. The van der Waals surface area contributed by atoms with Crippen LogP contribution in [-0.4, -0.2) is 21.3 Å². The predicted molar refractivity (Wildman–Crippen MR) is 78.5 cm³/mol. The molecule has 5 heteroatoms. The van der Waals surface area contributed by atoms with Crippen molar-refractivity contribution >= 4 is 0 Å². The number of hydrogen-bond acceptors (Lipinski definition) is 4. The van der Waals surface area contributed by atoms with Gasteiger partial charge in [-0.1, -0.05) is 25.4 Å². The molecule has 110 valence electrons. The lowest BCUT2D eigenvalue weighted by Gasteiger charge is -2.16. The average Bonchev–Trinajstić information content (AvgIpc) is 3.04. The highest BCUT2D eigenvalue weighted by atomic mass is 16.5. The third-order valence-electron chi connectivity index (χ3n) is 3.29. The van der Waals surface area contributed by atoms with Gasteiger partial charge in [0.25, 0.3) is 0 Å². The van der Waals surface area contributed by atoms with Gasteiger partial charge in [0.1, 0.15) is 0 Å². The van der Waals surface area contributed by atoms with E-state index in [9.17, 15) is 0 Å². The van der Waals surface area contributed by atoms with E-state index < -0.39 is 0 Å². The lowest BCUT2D eigenvalue weighted by molar-refractivity contribution is 0.386. The summed E-state index contributed by atoms with van der Waals surface area (Å²) < 4.78 is 7.10. The van der Waals surface area contributed by atoms with Crippen LogP contribution < -0.4 is 5.32 Å². The van der Waals surface area contributed by atoms with Crippen LogP contribution in [0.25, 0.3) is 0 Å². The summed E-state index contributed by atoms with van der Waals surface area (Å²) in [5.41, 5.74) is 1.33. The van der Waals surface area contributed by atoms with Crippen molar-refractivity contribution in [1.82, 2.24) is 20.0 Å². The van der Waals surface area contributed by atoms with Crippen LogP contribution in [-0.2, 0) is 6.54 Å². The third kappa shape index (κ3) is 3.93. The molecule has 0 saturated heterocycles. The van der Waals surface area contributed by atoms with Gasteiger partial charge in [0.05, 0.1) is 6.54 Å². The summed E-state index contributed by atoms with van der Waals surface area (Å²) in [4.78, 5) is 4.23. The summed E-state index contributed by atoms with van der Waals surface area (Å²) in [6, 6.07) is 2.61. The molecule has 0 aromatic carbocycles. The van der Waals surface area contributed by atoms with E-state index in [4.69, 9.17) is 4.52 Å². The standard InChI is InChI=1S/C15H24N4O/c1-4-6-14(16-8-5-2)13-7-9-19(10-13)11-15-17-12(3)20-18-15/h7,9-10,14,16H,4-6,8,11H2,1-3H3. The van der Waals surface area contributed by atoms with Crippen molar-refractivity contribution in [2.75, 3.05) is 6.54 Å². The van der Waals surface area contributed by atoms with E-state index >= 15 is 0 Å². The molecule has 0 amide bonds. The molecule has 0 aliphatic heterocycles. The van der Waals surface area contributed by atoms with Gasteiger partial charge >= 0.3 is 0 Å². The summed E-state index contributed by atoms with van der Waals surface area (Å²) in [6.45, 7) is 7.94. The molecule has 2 aromatic rings. The van der Waals surface area contributed by atoms with E-state index in [1.54, 1.807) is 0 Å². The van der Waals surface area contributed by atoms with Gasteiger partial charge in [-0.05, 0) is 31.0 Å². The molecule has 20 heavy (non-hydrogen) atoms. The van der Waals surface area contributed by atoms with Crippen LogP contribution in [0.1, 0.15) is 56.4 Å². The summed E-state index contributed by atoms with van der Waals surface area (Å²) >= 11 is 0. The Balaban J connectivity index is 2.02. The number of rotatable bonds is 8. The van der Waals surface area contributed by atoms with Crippen molar-refractivity contribution in [2.24, 2.45) is 0 Å². The third-order valence-corrected chi connectivity index (χ3v) is 3.29. The highest BCUT2D eigenvalue weighted by Crippen LogP contribution is 2.19. The molecule has 1 unspecified atom stereocenters. The molecule has 1 atom stereocenters. The van der Waals surface area contributed by atoms with Crippen LogP contribution in [0.3, 0.4) is 0 Å². The van der Waals surface area contributed by atoms with Crippen molar-refractivity contribution < 1.29 is 4.52 Å². The Kier molecular flexibility index (Phi) is 5.35. The smallest absolute Gasteiger partial charge is 0.223 e. The van der Waals surface area contributed by atoms with Crippen LogP contribution >= 0.6 is 0 Å². The van der Waals surface area contributed by atoms with Crippen LogP contribution in [0.4, 0.5) is 0 Å². The van der Waals surface area contributed by atoms with Crippen LogP contribution in [0.2, 0.25) is 0 Å². The fraction of sp³-hybridized carbons (Fsp3) is 0.600. The van der Waals surface area contributed by atoms with Crippen molar-refractivity contribution in [1.29, 1.82) is 0 Å². The molecular formula is C15H24N4O. The van der Waals surface area contributed by atoms with E-state index in [0.29, 0.717) is 18.5 Å². The largest absolute Gasteiger partial charge is 0.346 e. The van der Waals surface area contributed by atoms with E-state index in [2.05, 4.69) is 52.3 Å². The maximum absolute atomic E-state index is 5.00. The number of hydrogen-bond donors (Lipinski definition) is 1. The van der Waals surface area contributed by atoms with E-state index in [0.717, 1.165) is 25.2 Å². The van der Waals surface area contributed by atoms with E-state index in [1.165, 1.54) is 12.0 Å². The van der Waals surface area contributed by atoms with Gasteiger partial charge in [-0.15, -0.1) is 0 Å². The Bertz CT molecular complexity index is 517. The normalized spacial score (nSPS) is 12.8. The minimum atomic E-state index is 0.438. The molecule has 2 aromatic heterocycles. The molecule has 0 radical (unpaired) electrons. The van der Waals surface area contributed by atoms with E-state index in [1.807, 2.05) is 6.92 Å². The number of aromatic nitrogens is 3. The Hall–Kier alpha value is -1.62. The van der Waals surface area contributed by atoms with Crippen LogP contribution in [0.15, 0.2) is 23.0 Å². The zero-order valence-corrected chi connectivity index (χ0v) is 12.6. The molecule has 1 N–H and O–H groups in total. The number of nitrogens with one attached hydrogen (secondary N) is 1. The lowest BCUT2D eigenvalue weighted by atomic mass is 10.1. The minimum absolute atomic E-state index is 0.438. The van der Waals surface area contributed by atoms with Crippen molar-refractivity contribution in [3.8, 4) is 0 Å². The zero-order chi connectivity index (χ0) is 14.4. The van der Waals surface area contributed by atoms with Crippen molar-refractivity contribution in [3.05, 3.63) is 35.7 Å². The SMILES string of the molecule is CCCNC(CCC)c1ccn(Cc2noc(C)n2)c1. The first kappa shape index (κ1) is 14.8. The molecule has 2 heterocycles. The first-order chi connectivity index (χ1) is 9.72. The Morgan fingerprint density at radius 1 is 1.35 bits per heavy atom. The lowest BCUT2D eigenvalue weighted by Crippen LogP contribution is -2.21. The molecule has 0 fully saturated rings. The molecule has 5 nitrogen and oxygen atoms in total. The van der Waals surface area contributed by atoms with Gasteiger partial charge in [-0.25, -0.2) is 0 Å². The molecule has 0 aliphatic carbocycles. The van der Waals surface area contributed by atoms with Crippen LogP contribution in [0, 0.1) is 6.92 Å². The van der Waals surface area contributed by atoms with Gasteiger partial charge in [0.15, 0.2) is 5.82 Å². The maximum atomic E-state index is 5.00. The summed E-state index contributed by atoms with van der Waals surface area (Å²) in [5, 5.41) is 7.53. The summed E-state index contributed by atoms with van der Waals surface area (Å²) in [5.74, 6) is 1.33. The molecule has 0 bridgehead atoms. The predicted octanol–water partition coefficient (Wildman–Crippen LogP) is 3.07.